The van der Waals surface area contributed by atoms with Gasteiger partial charge in [0.05, 0.1) is 0 Å². The lowest BCUT2D eigenvalue weighted by Gasteiger charge is -2.03. The SMILES string of the molecule is CCCC/C(C(=O)O)=C(\C)C(=O)O. The Balaban J connectivity index is 4.67. The first kappa shape index (κ1) is 11.7. The summed E-state index contributed by atoms with van der Waals surface area (Å²) in [4.78, 5) is 21.1. The van der Waals surface area contributed by atoms with E-state index < -0.39 is 11.9 Å². The Morgan fingerprint density at radius 1 is 1.15 bits per heavy atom. The van der Waals surface area contributed by atoms with Crippen LogP contribution in [0.2, 0.25) is 0 Å². The van der Waals surface area contributed by atoms with Crippen molar-refractivity contribution < 1.29 is 19.8 Å². The van der Waals surface area contributed by atoms with Crippen molar-refractivity contribution in [3.8, 4) is 0 Å². The summed E-state index contributed by atoms with van der Waals surface area (Å²) in [5, 5.41) is 17.3. The Hall–Kier alpha value is -1.32. The van der Waals surface area contributed by atoms with Crippen molar-refractivity contribution in [2.24, 2.45) is 0 Å². The molecule has 0 aromatic rings. The van der Waals surface area contributed by atoms with E-state index in [0.29, 0.717) is 12.8 Å². The van der Waals surface area contributed by atoms with Gasteiger partial charge >= 0.3 is 11.9 Å². The Kier molecular flexibility index (Phi) is 4.80. The molecule has 0 spiro atoms. The molecule has 13 heavy (non-hydrogen) atoms. The molecule has 0 aromatic heterocycles. The number of rotatable bonds is 5. The van der Waals surface area contributed by atoms with Gasteiger partial charge in [-0.2, -0.15) is 0 Å². The molecular weight excluding hydrogens is 172 g/mol. The average Bonchev–Trinajstić information content (AvgIpc) is 2.04. The van der Waals surface area contributed by atoms with Crippen LogP contribution >= 0.6 is 0 Å². The van der Waals surface area contributed by atoms with Crippen molar-refractivity contribution in [1.29, 1.82) is 0 Å². The van der Waals surface area contributed by atoms with Crippen LogP contribution in [0.4, 0.5) is 0 Å². The zero-order chi connectivity index (χ0) is 10.4. The smallest absolute Gasteiger partial charge is 0.332 e. The molecule has 4 heteroatoms. The van der Waals surface area contributed by atoms with Crippen LogP contribution in [0.15, 0.2) is 11.1 Å². The molecule has 0 saturated heterocycles. The van der Waals surface area contributed by atoms with Gasteiger partial charge in [-0.3, -0.25) is 0 Å². The molecule has 0 aliphatic rings. The zero-order valence-corrected chi connectivity index (χ0v) is 7.83. The van der Waals surface area contributed by atoms with E-state index >= 15 is 0 Å². The predicted octanol–water partition coefficient (Wildman–Crippen LogP) is 1.66. The maximum Gasteiger partial charge on any atom is 0.332 e. The lowest BCUT2D eigenvalue weighted by atomic mass is 10.0. The molecule has 0 saturated carbocycles. The first-order valence-electron chi connectivity index (χ1n) is 4.17. The van der Waals surface area contributed by atoms with Crippen molar-refractivity contribution in [3.63, 3.8) is 0 Å². The van der Waals surface area contributed by atoms with Gasteiger partial charge in [-0.25, -0.2) is 9.59 Å². The number of carboxylic acids is 2. The van der Waals surface area contributed by atoms with Crippen LogP contribution in [0.25, 0.3) is 0 Å². The molecule has 4 nitrogen and oxygen atoms in total. The lowest BCUT2D eigenvalue weighted by molar-refractivity contribution is -0.136. The Bertz CT molecular complexity index is 240. The van der Waals surface area contributed by atoms with Crippen LogP contribution in [0.1, 0.15) is 33.1 Å². The third kappa shape index (κ3) is 3.73. The molecule has 0 bridgehead atoms. The molecule has 0 fully saturated rings. The molecule has 0 amide bonds. The largest absolute Gasteiger partial charge is 0.478 e. The Labute approximate surface area is 76.9 Å². The van der Waals surface area contributed by atoms with E-state index in [2.05, 4.69) is 0 Å². The van der Waals surface area contributed by atoms with Crippen LogP contribution in [0.3, 0.4) is 0 Å². The summed E-state index contributed by atoms with van der Waals surface area (Å²) < 4.78 is 0. The summed E-state index contributed by atoms with van der Waals surface area (Å²) in [5.41, 5.74) is -0.0599. The minimum atomic E-state index is -1.16. The van der Waals surface area contributed by atoms with Gasteiger partial charge in [-0.15, -0.1) is 0 Å². The van der Waals surface area contributed by atoms with E-state index in [9.17, 15) is 9.59 Å². The molecule has 0 aliphatic heterocycles. The summed E-state index contributed by atoms with van der Waals surface area (Å²) in [7, 11) is 0. The topological polar surface area (TPSA) is 74.6 Å². The number of hydrogen-bond acceptors (Lipinski definition) is 2. The average molecular weight is 186 g/mol. The van der Waals surface area contributed by atoms with Gasteiger partial charge in [0.15, 0.2) is 0 Å². The molecule has 0 unspecified atom stereocenters. The number of unbranched alkanes of at least 4 members (excludes halogenated alkanes) is 1. The Morgan fingerprint density at radius 3 is 2.00 bits per heavy atom. The van der Waals surface area contributed by atoms with Crippen LogP contribution < -0.4 is 0 Å². The monoisotopic (exact) mass is 186 g/mol. The highest BCUT2D eigenvalue weighted by Crippen LogP contribution is 2.12. The van der Waals surface area contributed by atoms with Crippen molar-refractivity contribution in [2.75, 3.05) is 0 Å². The normalized spacial score (nSPS) is 12.2. The van der Waals surface area contributed by atoms with Crippen molar-refractivity contribution in [3.05, 3.63) is 11.1 Å². The number of carbonyl (C=O) groups is 2. The maximum absolute atomic E-state index is 10.6. The van der Waals surface area contributed by atoms with Gasteiger partial charge < -0.3 is 10.2 Å². The summed E-state index contributed by atoms with van der Waals surface area (Å²) in [6, 6.07) is 0. The molecule has 2 N–H and O–H groups in total. The van der Waals surface area contributed by atoms with E-state index in [0.717, 1.165) is 6.42 Å². The molecule has 0 aromatic carbocycles. The summed E-state index contributed by atoms with van der Waals surface area (Å²) in [6.45, 7) is 3.25. The fraction of sp³-hybridized carbons (Fsp3) is 0.556. The second-order valence-electron chi connectivity index (χ2n) is 2.82. The maximum atomic E-state index is 10.6. The highest BCUT2D eigenvalue weighted by atomic mass is 16.4. The highest BCUT2D eigenvalue weighted by molar-refractivity contribution is 5.98. The van der Waals surface area contributed by atoms with Gasteiger partial charge in [0.25, 0.3) is 0 Å². The summed E-state index contributed by atoms with van der Waals surface area (Å²) in [6.07, 6.45) is 1.87. The van der Waals surface area contributed by atoms with E-state index in [1.807, 2.05) is 6.92 Å². The first-order chi connectivity index (χ1) is 6.00. The van der Waals surface area contributed by atoms with Gasteiger partial charge in [0.2, 0.25) is 0 Å². The molecule has 0 atom stereocenters. The third-order valence-electron chi connectivity index (χ3n) is 1.81. The third-order valence-corrected chi connectivity index (χ3v) is 1.81. The Morgan fingerprint density at radius 2 is 1.69 bits per heavy atom. The molecule has 74 valence electrons. The van der Waals surface area contributed by atoms with Gasteiger partial charge in [-0.1, -0.05) is 13.3 Å². The van der Waals surface area contributed by atoms with E-state index in [4.69, 9.17) is 10.2 Å². The minimum Gasteiger partial charge on any atom is -0.478 e. The molecule has 0 aliphatic carbocycles. The van der Waals surface area contributed by atoms with Gasteiger partial charge in [0, 0.05) is 11.1 Å². The van der Waals surface area contributed by atoms with Crippen LogP contribution in [-0.2, 0) is 9.59 Å². The molecule has 0 heterocycles. The molecular formula is C9H14O4. The second-order valence-corrected chi connectivity index (χ2v) is 2.82. The fourth-order valence-electron chi connectivity index (χ4n) is 0.937. The van der Waals surface area contributed by atoms with Crippen molar-refractivity contribution in [1.82, 2.24) is 0 Å². The zero-order valence-electron chi connectivity index (χ0n) is 7.83. The molecule has 0 radical (unpaired) electrons. The van der Waals surface area contributed by atoms with Crippen LogP contribution in [0.5, 0.6) is 0 Å². The van der Waals surface area contributed by atoms with E-state index in [1.165, 1.54) is 6.92 Å². The summed E-state index contributed by atoms with van der Waals surface area (Å²) in [5.74, 6) is -2.29. The minimum absolute atomic E-state index is 0.00866. The number of carboxylic acid groups (broad SMARTS) is 2. The van der Waals surface area contributed by atoms with Crippen LogP contribution in [-0.4, -0.2) is 22.2 Å². The van der Waals surface area contributed by atoms with Crippen molar-refractivity contribution >= 4 is 11.9 Å². The molecule has 0 rings (SSSR count). The van der Waals surface area contributed by atoms with Crippen LogP contribution in [0, 0.1) is 0 Å². The summed E-state index contributed by atoms with van der Waals surface area (Å²) >= 11 is 0. The first-order valence-corrected chi connectivity index (χ1v) is 4.17. The quantitative estimate of drug-likeness (QED) is 0.640. The number of aliphatic carboxylic acids is 2. The fourth-order valence-corrected chi connectivity index (χ4v) is 0.937. The van der Waals surface area contributed by atoms with Gasteiger partial charge in [-0.05, 0) is 19.8 Å². The standard InChI is InChI=1S/C9H14O4/c1-3-4-5-7(9(12)13)6(2)8(10)11/h3-5H2,1-2H3,(H,10,11)(H,12,13)/b7-6-. The lowest BCUT2D eigenvalue weighted by Crippen LogP contribution is -2.09. The van der Waals surface area contributed by atoms with Gasteiger partial charge in [0.1, 0.15) is 0 Å². The number of hydrogen-bond donors (Lipinski definition) is 2. The van der Waals surface area contributed by atoms with E-state index in [-0.39, 0.29) is 11.1 Å². The van der Waals surface area contributed by atoms with E-state index in [1.54, 1.807) is 0 Å². The predicted molar refractivity (Wildman–Crippen MR) is 47.5 cm³/mol. The van der Waals surface area contributed by atoms with Crippen molar-refractivity contribution in [2.45, 2.75) is 33.1 Å². The second kappa shape index (κ2) is 5.35. The highest BCUT2D eigenvalue weighted by Gasteiger charge is 2.14.